The molecule has 1 saturated carbocycles. The van der Waals surface area contributed by atoms with E-state index in [2.05, 4.69) is 0 Å². The van der Waals surface area contributed by atoms with Crippen molar-refractivity contribution in [2.24, 2.45) is 0 Å². The van der Waals surface area contributed by atoms with Crippen LogP contribution >= 0.6 is 11.6 Å². The van der Waals surface area contributed by atoms with Crippen LogP contribution in [0.1, 0.15) is 36.3 Å². The second-order valence-corrected chi connectivity index (χ2v) is 5.00. The highest BCUT2D eigenvalue weighted by atomic mass is 35.5. The molecule has 1 fully saturated rings. The molecule has 0 saturated heterocycles. The fourth-order valence-electron chi connectivity index (χ4n) is 2.24. The lowest BCUT2D eigenvalue weighted by Crippen LogP contribution is -2.21. The third-order valence-electron chi connectivity index (χ3n) is 3.11. The molecule has 0 N–H and O–H groups in total. The van der Waals surface area contributed by atoms with Crippen LogP contribution in [0.5, 0.6) is 0 Å². The third kappa shape index (κ3) is 3.15. The quantitative estimate of drug-likeness (QED) is 0.738. The first-order chi connectivity index (χ1) is 8.77. The maximum Gasteiger partial charge on any atom is 0.417 e. The average molecular weight is 291 g/mol. The Balaban J connectivity index is 2.29. The maximum absolute atomic E-state index is 12.6. The number of halogens is 4. The van der Waals surface area contributed by atoms with Crippen molar-refractivity contribution in [3.63, 3.8) is 0 Å². The Morgan fingerprint density at radius 2 is 1.68 bits per heavy atom. The summed E-state index contributed by atoms with van der Waals surface area (Å²) in [6.07, 6.45) is -4.24. The van der Waals surface area contributed by atoms with E-state index in [0.717, 1.165) is 6.07 Å². The summed E-state index contributed by atoms with van der Waals surface area (Å²) < 4.78 is 37.7. The van der Waals surface area contributed by atoms with E-state index in [1.165, 1.54) is 12.1 Å². The zero-order valence-corrected chi connectivity index (χ0v) is 10.5. The predicted octanol–water partition coefficient (Wildman–Crippen LogP) is 3.76. The smallest absolute Gasteiger partial charge is 0.299 e. The van der Waals surface area contributed by atoms with Gasteiger partial charge in [-0.15, -0.1) is 0 Å². The van der Waals surface area contributed by atoms with Gasteiger partial charge in [-0.3, -0.25) is 9.59 Å². The van der Waals surface area contributed by atoms with E-state index in [-0.39, 0.29) is 36.7 Å². The largest absolute Gasteiger partial charge is 0.417 e. The van der Waals surface area contributed by atoms with Crippen molar-refractivity contribution in [1.29, 1.82) is 0 Å². The molecular weight excluding hydrogens is 281 g/mol. The number of hydrogen-bond acceptors (Lipinski definition) is 2. The van der Waals surface area contributed by atoms with Crippen LogP contribution in [0.15, 0.2) is 18.2 Å². The molecule has 0 bridgehead atoms. The minimum Gasteiger partial charge on any atom is -0.299 e. The van der Waals surface area contributed by atoms with E-state index in [1.807, 2.05) is 0 Å². The van der Waals surface area contributed by atoms with Gasteiger partial charge in [0.15, 0.2) is 0 Å². The second-order valence-electron chi connectivity index (χ2n) is 4.60. The van der Waals surface area contributed by atoms with E-state index in [9.17, 15) is 22.8 Å². The van der Waals surface area contributed by atoms with Crippen LogP contribution in [0.3, 0.4) is 0 Å². The van der Waals surface area contributed by atoms with Crippen LogP contribution < -0.4 is 0 Å². The number of alkyl halides is 3. The van der Waals surface area contributed by atoms with Gasteiger partial charge >= 0.3 is 6.18 Å². The topological polar surface area (TPSA) is 34.1 Å². The Kier molecular flexibility index (Phi) is 3.67. The summed E-state index contributed by atoms with van der Waals surface area (Å²) in [5, 5.41) is -0.407. The zero-order chi connectivity index (χ0) is 14.2. The first-order valence-electron chi connectivity index (χ1n) is 5.67. The molecule has 0 amide bonds. The van der Waals surface area contributed by atoms with Crippen LogP contribution in [0, 0.1) is 0 Å². The molecule has 2 nitrogen and oxygen atoms in total. The molecule has 0 aliphatic heterocycles. The minimum absolute atomic E-state index is 0.0785. The Morgan fingerprint density at radius 1 is 1.11 bits per heavy atom. The summed E-state index contributed by atoms with van der Waals surface area (Å²) in [5.74, 6) is -0.733. The van der Waals surface area contributed by atoms with Gasteiger partial charge in [0.2, 0.25) is 0 Å². The molecule has 1 aliphatic rings. The summed E-state index contributed by atoms with van der Waals surface area (Å²) in [6, 6.07) is 3.37. The second kappa shape index (κ2) is 4.96. The molecule has 0 radical (unpaired) electrons. The Morgan fingerprint density at radius 3 is 2.16 bits per heavy atom. The first-order valence-corrected chi connectivity index (χ1v) is 6.05. The van der Waals surface area contributed by atoms with Crippen LogP contribution in [-0.4, -0.2) is 11.6 Å². The normalized spacial score (nSPS) is 17.9. The number of carbonyl (C=O) groups excluding carboxylic acids is 2. The van der Waals surface area contributed by atoms with Gasteiger partial charge < -0.3 is 0 Å². The van der Waals surface area contributed by atoms with Gasteiger partial charge in [0, 0.05) is 12.8 Å². The zero-order valence-electron chi connectivity index (χ0n) is 9.76. The molecule has 2 rings (SSSR count). The van der Waals surface area contributed by atoms with Crippen molar-refractivity contribution >= 4 is 23.2 Å². The lowest BCUT2D eigenvalue weighted by molar-refractivity contribution is -0.137. The molecule has 1 aliphatic carbocycles. The molecule has 1 aromatic carbocycles. The summed E-state index contributed by atoms with van der Waals surface area (Å²) in [5.41, 5.74) is -0.411. The van der Waals surface area contributed by atoms with Gasteiger partial charge in [-0.2, -0.15) is 13.2 Å². The molecule has 0 aromatic heterocycles. The van der Waals surface area contributed by atoms with Crippen LogP contribution in [0.4, 0.5) is 13.2 Å². The summed E-state index contributed by atoms with van der Waals surface area (Å²) >= 11 is 5.62. The Labute approximate surface area is 112 Å². The molecule has 0 atom stereocenters. The minimum atomic E-state index is -4.51. The number of carbonyl (C=O) groups is 2. The fraction of sp³-hybridized carbons (Fsp3) is 0.385. The highest BCUT2D eigenvalue weighted by Crippen LogP contribution is 2.37. The van der Waals surface area contributed by atoms with Crippen molar-refractivity contribution in [3.05, 3.63) is 34.3 Å². The third-order valence-corrected chi connectivity index (χ3v) is 3.43. The van der Waals surface area contributed by atoms with Crippen molar-refractivity contribution in [1.82, 2.24) is 0 Å². The lowest BCUT2D eigenvalue weighted by atomic mass is 9.82. The highest BCUT2D eigenvalue weighted by molar-refractivity contribution is 6.31. The summed E-state index contributed by atoms with van der Waals surface area (Å²) in [7, 11) is 0. The van der Waals surface area contributed by atoms with Gasteiger partial charge in [-0.25, -0.2) is 0 Å². The summed E-state index contributed by atoms with van der Waals surface area (Å²) in [4.78, 5) is 22.7. The maximum atomic E-state index is 12.6. The molecular formula is C13H10ClF3O2. The monoisotopic (exact) mass is 290 g/mol. The van der Waals surface area contributed by atoms with Gasteiger partial charge in [0.1, 0.15) is 11.6 Å². The van der Waals surface area contributed by atoms with Gasteiger partial charge in [-0.1, -0.05) is 17.7 Å². The molecule has 19 heavy (non-hydrogen) atoms. The molecule has 0 spiro atoms. The average Bonchev–Trinajstić information content (AvgIpc) is 2.25. The molecule has 1 aromatic rings. The summed E-state index contributed by atoms with van der Waals surface area (Å²) in [6.45, 7) is 0. The van der Waals surface area contributed by atoms with Gasteiger partial charge in [0.25, 0.3) is 0 Å². The number of ketones is 2. The highest BCUT2D eigenvalue weighted by Gasteiger charge is 2.34. The first kappa shape index (κ1) is 14.1. The number of rotatable bonds is 1. The number of Topliss-reactive ketones (excluding diaryl/α,β-unsaturated/α-hetero) is 2. The Hall–Kier alpha value is -1.36. The van der Waals surface area contributed by atoms with Crippen molar-refractivity contribution in [2.75, 3.05) is 0 Å². The standard InChI is InChI=1S/C13H10ClF3O2/c14-12-5-7(1-2-11(12)13(15,16)17)8-3-9(18)6-10(19)4-8/h1-2,5,8H,3-4,6H2. The van der Waals surface area contributed by atoms with Crippen molar-refractivity contribution in [3.8, 4) is 0 Å². The Bertz CT molecular complexity index is 521. The van der Waals surface area contributed by atoms with Crippen LogP contribution in [0.25, 0.3) is 0 Å². The van der Waals surface area contributed by atoms with E-state index >= 15 is 0 Å². The molecule has 6 heteroatoms. The lowest BCUT2D eigenvalue weighted by Gasteiger charge is -2.21. The van der Waals surface area contributed by atoms with Crippen LogP contribution in [0.2, 0.25) is 5.02 Å². The van der Waals surface area contributed by atoms with Crippen molar-refractivity contribution < 1.29 is 22.8 Å². The fourth-order valence-corrected chi connectivity index (χ4v) is 2.53. The molecule has 0 heterocycles. The number of benzene rings is 1. The molecule has 102 valence electrons. The van der Waals surface area contributed by atoms with Gasteiger partial charge in [-0.05, 0) is 23.6 Å². The van der Waals surface area contributed by atoms with E-state index in [1.54, 1.807) is 0 Å². The molecule has 0 unspecified atom stereocenters. The predicted molar refractivity (Wildman–Crippen MR) is 63.1 cm³/mol. The number of hydrogen-bond donors (Lipinski definition) is 0. The SMILES string of the molecule is O=C1CC(=O)CC(c2ccc(C(F)(F)F)c(Cl)c2)C1. The van der Waals surface area contributed by atoms with Crippen molar-refractivity contribution in [2.45, 2.75) is 31.4 Å². The van der Waals surface area contributed by atoms with E-state index in [0.29, 0.717) is 5.56 Å². The van der Waals surface area contributed by atoms with Gasteiger partial charge in [0.05, 0.1) is 17.0 Å². The van der Waals surface area contributed by atoms with E-state index < -0.39 is 16.8 Å². The van der Waals surface area contributed by atoms with Crippen LogP contribution in [-0.2, 0) is 15.8 Å². The van der Waals surface area contributed by atoms with E-state index in [4.69, 9.17) is 11.6 Å².